The fourth-order valence-corrected chi connectivity index (χ4v) is 3.74. The van der Waals surface area contributed by atoms with Gasteiger partial charge < -0.3 is 4.74 Å². The number of nitrogens with zero attached hydrogens (tertiary/aromatic N) is 3. The second-order valence-corrected chi connectivity index (χ2v) is 7.88. The van der Waals surface area contributed by atoms with Gasteiger partial charge in [0.2, 0.25) is 0 Å². The van der Waals surface area contributed by atoms with Gasteiger partial charge >= 0.3 is 0 Å². The van der Waals surface area contributed by atoms with E-state index in [1.54, 1.807) is 25.0 Å². The first-order chi connectivity index (χ1) is 13.4. The van der Waals surface area contributed by atoms with Crippen molar-refractivity contribution in [1.82, 2.24) is 0 Å². The summed E-state index contributed by atoms with van der Waals surface area (Å²) in [6.07, 6.45) is 1.75. The maximum atomic E-state index is 13.2. The molecule has 28 heavy (non-hydrogen) atoms. The van der Waals surface area contributed by atoms with E-state index in [1.165, 1.54) is 11.8 Å². The average molecular weight is 391 g/mol. The molecule has 142 valence electrons. The van der Waals surface area contributed by atoms with E-state index in [1.807, 2.05) is 50.2 Å². The topological polar surface area (TPSA) is 65.7 Å². The van der Waals surface area contributed by atoms with Crippen LogP contribution in [0.5, 0.6) is 5.75 Å². The van der Waals surface area contributed by atoms with Crippen molar-refractivity contribution in [2.45, 2.75) is 26.0 Å². The molecule has 0 saturated carbocycles. The molecule has 0 aromatic heterocycles. The van der Waals surface area contributed by atoms with Gasteiger partial charge in [-0.3, -0.25) is 9.69 Å². The number of benzene rings is 2. The molecule has 5 nitrogen and oxygen atoms in total. The molecule has 1 aliphatic heterocycles. The minimum atomic E-state index is -0.319. The smallest absolute Gasteiger partial charge is 0.283 e. The largest absolute Gasteiger partial charge is 0.497 e. The minimum absolute atomic E-state index is 0.201. The number of amidine groups is 1. The summed E-state index contributed by atoms with van der Waals surface area (Å²) in [7, 11) is 1.61. The molecule has 0 aliphatic carbocycles. The molecule has 2 aromatic rings. The number of hydrogen-bond acceptors (Lipinski definition) is 5. The van der Waals surface area contributed by atoms with Crippen LogP contribution in [-0.2, 0) is 4.79 Å². The molecule has 1 atom stereocenters. The molecule has 2 aromatic carbocycles. The normalized spacial score (nSPS) is 16.1. The number of thioether (sulfide) groups is 1. The van der Waals surface area contributed by atoms with Gasteiger partial charge in [-0.2, -0.15) is 5.26 Å². The van der Waals surface area contributed by atoms with Crippen LogP contribution in [0.3, 0.4) is 0 Å². The van der Waals surface area contributed by atoms with E-state index in [0.717, 1.165) is 28.1 Å². The first-order valence-corrected chi connectivity index (χ1v) is 9.72. The summed E-state index contributed by atoms with van der Waals surface area (Å²) in [6.45, 7) is 5.78. The Kier molecular flexibility index (Phi) is 5.86. The summed E-state index contributed by atoms with van der Waals surface area (Å²) < 4.78 is 5.17. The van der Waals surface area contributed by atoms with E-state index in [-0.39, 0.29) is 11.2 Å². The summed E-state index contributed by atoms with van der Waals surface area (Å²) in [5.74, 6) is 0.549. The van der Waals surface area contributed by atoms with E-state index in [4.69, 9.17) is 4.74 Å². The van der Waals surface area contributed by atoms with Crippen LogP contribution in [0, 0.1) is 25.2 Å². The number of carbonyl (C=O) groups is 1. The third-order valence-corrected chi connectivity index (χ3v) is 5.12. The van der Waals surface area contributed by atoms with Crippen molar-refractivity contribution in [2.24, 2.45) is 4.99 Å². The number of amides is 1. The van der Waals surface area contributed by atoms with Crippen molar-refractivity contribution < 1.29 is 9.53 Å². The number of anilines is 1. The summed E-state index contributed by atoms with van der Waals surface area (Å²) in [5.41, 5.74) is 4.09. The van der Waals surface area contributed by atoms with Gasteiger partial charge in [0.25, 0.3) is 5.91 Å². The summed E-state index contributed by atoms with van der Waals surface area (Å²) in [6, 6.07) is 15.6. The number of nitriles is 1. The number of carbonyl (C=O) groups excluding carboxylic acids is 1. The lowest BCUT2D eigenvalue weighted by Gasteiger charge is -2.19. The van der Waals surface area contributed by atoms with Gasteiger partial charge in [-0.1, -0.05) is 30.0 Å². The van der Waals surface area contributed by atoms with Crippen LogP contribution >= 0.6 is 11.8 Å². The molecule has 0 fully saturated rings. The zero-order valence-corrected chi connectivity index (χ0v) is 17.1. The van der Waals surface area contributed by atoms with E-state index in [0.29, 0.717) is 10.9 Å². The zero-order valence-electron chi connectivity index (χ0n) is 16.3. The molecule has 1 heterocycles. The van der Waals surface area contributed by atoms with Gasteiger partial charge in [0.05, 0.1) is 24.1 Å². The summed E-state index contributed by atoms with van der Waals surface area (Å²) in [4.78, 5) is 19.3. The minimum Gasteiger partial charge on any atom is -0.497 e. The number of ether oxygens (including phenoxy) is 1. The van der Waals surface area contributed by atoms with E-state index in [9.17, 15) is 10.1 Å². The molecule has 0 unspecified atom stereocenters. The monoisotopic (exact) mass is 391 g/mol. The highest BCUT2D eigenvalue weighted by Gasteiger charge is 2.33. The summed E-state index contributed by atoms with van der Waals surface area (Å²) >= 11 is 1.28. The fraction of sp³-hybridized carbons (Fsp3) is 0.227. The Morgan fingerprint density at radius 1 is 1.18 bits per heavy atom. The lowest BCUT2D eigenvalue weighted by molar-refractivity contribution is -0.113. The molecule has 1 aliphatic rings. The summed E-state index contributed by atoms with van der Waals surface area (Å²) in [5, 5.41) is 9.40. The fourth-order valence-electron chi connectivity index (χ4n) is 2.93. The van der Waals surface area contributed by atoms with Gasteiger partial charge in [0, 0.05) is 0 Å². The van der Waals surface area contributed by atoms with Crippen LogP contribution in [0.4, 0.5) is 5.69 Å². The lowest BCUT2D eigenvalue weighted by atomic mass is 10.1. The molecule has 0 N–H and O–H groups in total. The van der Waals surface area contributed by atoms with E-state index < -0.39 is 0 Å². The van der Waals surface area contributed by atoms with Crippen LogP contribution in [-0.4, -0.2) is 23.4 Å². The van der Waals surface area contributed by atoms with Crippen LogP contribution in [0.2, 0.25) is 0 Å². The van der Waals surface area contributed by atoms with Crippen molar-refractivity contribution in [3.63, 3.8) is 0 Å². The van der Waals surface area contributed by atoms with E-state index in [2.05, 4.69) is 17.1 Å². The van der Waals surface area contributed by atoms with Gasteiger partial charge in [-0.15, -0.1) is 0 Å². The van der Waals surface area contributed by atoms with Crippen molar-refractivity contribution in [1.29, 1.82) is 5.26 Å². The number of methoxy groups -OCH3 is 1. The third-order valence-electron chi connectivity index (χ3n) is 4.18. The molecule has 0 spiro atoms. The Morgan fingerprint density at radius 2 is 1.82 bits per heavy atom. The molecule has 3 rings (SSSR count). The molecule has 0 radical (unpaired) electrons. The Balaban J connectivity index is 2.01. The zero-order chi connectivity index (χ0) is 20.3. The quantitative estimate of drug-likeness (QED) is 0.709. The average Bonchev–Trinajstić information content (AvgIpc) is 2.96. The van der Waals surface area contributed by atoms with Crippen LogP contribution in [0.25, 0.3) is 6.08 Å². The lowest BCUT2D eigenvalue weighted by Crippen LogP contribution is -2.31. The highest BCUT2D eigenvalue weighted by Crippen LogP contribution is 2.32. The Labute approximate surface area is 169 Å². The molecular formula is C22H21N3O2S. The molecule has 6 heteroatoms. The van der Waals surface area contributed by atoms with E-state index >= 15 is 0 Å². The molecule has 0 bridgehead atoms. The molecule has 0 saturated heterocycles. The van der Waals surface area contributed by atoms with Gasteiger partial charge in [0.15, 0.2) is 5.17 Å². The first-order valence-electron chi connectivity index (χ1n) is 8.84. The SMILES string of the molecule is COc1ccc(/C=C2\N=C(S[C@H](C)C#N)N(c3cc(C)cc(C)c3)C2=O)cc1. The predicted octanol–water partition coefficient (Wildman–Crippen LogP) is 4.70. The Bertz CT molecular complexity index is 983. The maximum absolute atomic E-state index is 13.2. The number of aliphatic imine (C=N–C) groups is 1. The van der Waals surface area contributed by atoms with Gasteiger partial charge in [-0.25, -0.2) is 4.99 Å². The number of aryl methyl sites for hydroxylation is 2. The third kappa shape index (κ3) is 4.26. The Morgan fingerprint density at radius 3 is 2.39 bits per heavy atom. The van der Waals surface area contributed by atoms with Crippen molar-refractivity contribution in [3.8, 4) is 11.8 Å². The van der Waals surface area contributed by atoms with Gasteiger partial charge in [0.1, 0.15) is 11.4 Å². The molecule has 1 amide bonds. The number of rotatable bonds is 4. The second-order valence-electron chi connectivity index (χ2n) is 6.57. The number of hydrogen-bond donors (Lipinski definition) is 0. The van der Waals surface area contributed by atoms with Crippen LogP contribution < -0.4 is 9.64 Å². The van der Waals surface area contributed by atoms with Gasteiger partial charge in [-0.05, 0) is 67.8 Å². The van der Waals surface area contributed by atoms with Crippen molar-refractivity contribution in [3.05, 3.63) is 64.9 Å². The molecular weight excluding hydrogens is 370 g/mol. The maximum Gasteiger partial charge on any atom is 0.283 e. The standard InChI is InChI=1S/C22H21N3O2S/c1-14-9-15(2)11-18(10-14)25-21(26)20(24-22(25)28-16(3)13-23)12-17-5-7-19(27-4)8-6-17/h5-12,16H,1-4H3/b20-12-/t16-/m1/s1. The van der Waals surface area contributed by atoms with Crippen molar-refractivity contribution in [2.75, 3.05) is 12.0 Å². The Hall–Kier alpha value is -3.04. The highest BCUT2D eigenvalue weighted by atomic mass is 32.2. The highest BCUT2D eigenvalue weighted by molar-refractivity contribution is 8.15. The van der Waals surface area contributed by atoms with Crippen molar-refractivity contribution >= 4 is 34.6 Å². The second kappa shape index (κ2) is 8.32. The predicted molar refractivity (Wildman–Crippen MR) is 114 cm³/mol. The van der Waals surface area contributed by atoms with Crippen LogP contribution in [0.1, 0.15) is 23.6 Å². The first kappa shape index (κ1) is 19.7. The van der Waals surface area contributed by atoms with Crippen LogP contribution in [0.15, 0.2) is 53.2 Å².